The monoisotopic (exact) mass is 458 g/mol. The van der Waals surface area contributed by atoms with E-state index in [4.69, 9.17) is 4.74 Å². The van der Waals surface area contributed by atoms with Crippen LogP contribution in [0.5, 0.6) is 5.75 Å². The zero-order chi connectivity index (χ0) is 22.3. The molecule has 5 rings (SSSR count). The summed E-state index contributed by atoms with van der Waals surface area (Å²) in [4.78, 5) is 7.00. The minimum absolute atomic E-state index is 0.269. The number of aliphatic hydroxyl groups is 1. The fourth-order valence-electron chi connectivity index (χ4n) is 5.84. The second kappa shape index (κ2) is 9.03. The maximum absolute atomic E-state index is 14.7. The summed E-state index contributed by atoms with van der Waals surface area (Å²) in [7, 11) is 0. The molecule has 1 saturated carbocycles. The molecule has 1 saturated heterocycles. The van der Waals surface area contributed by atoms with Crippen molar-refractivity contribution in [2.45, 2.75) is 69.5 Å². The van der Waals surface area contributed by atoms with Crippen molar-refractivity contribution in [2.24, 2.45) is 11.3 Å². The van der Waals surface area contributed by atoms with Gasteiger partial charge < -0.3 is 14.8 Å². The zero-order valence-corrected chi connectivity index (χ0v) is 19.9. The van der Waals surface area contributed by atoms with Crippen LogP contribution in [0.1, 0.15) is 46.0 Å². The molecule has 3 heterocycles. The quantitative estimate of drug-likeness (QED) is 0.597. The lowest BCUT2D eigenvalue weighted by Crippen LogP contribution is -2.45. The highest BCUT2D eigenvalue weighted by Crippen LogP contribution is 2.56. The molecule has 2 aliphatic heterocycles. The van der Waals surface area contributed by atoms with Gasteiger partial charge in [0.1, 0.15) is 24.6 Å². The average Bonchev–Trinajstić information content (AvgIpc) is 3.39. The molecule has 3 aliphatic rings. The summed E-state index contributed by atoms with van der Waals surface area (Å²) in [6.07, 6.45) is 8.00. The smallest absolute Gasteiger partial charge is 0.128 e. The van der Waals surface area contributed by atoms with Crippen molar-refractivity contribution in [1.29, 1.82) is 0 Å². The molecule has 0 bridgehead atoms. The predicted molar refractivity (Wildman–Crippen MR) is 130 cm³/mol. The van der Waals surface area contributed by atoms with Gasteiger partial charge in [0.2, 0.25) is 0 Å². The van der Waals surface area contributed by atoms with Crippen molar-refractivity contribution in [1.82, 2.24) is 9.88 Å². The van der Waals surface area contributed by atoms with Crippen LogP contribution in [0.3, 0.4) is 0 Å². The molecule has 6 heteroatoms. The molecule has 174 valence electrons. The number of nitrogens with zero attached hydrogens (tertiary/aromatic N) is 1. The molecular weight excluding hydrogens is 423 g/mol. The molecular formula is C26H35FN2O2S. The number of hydrogen-bond acceptors (Lipinski definition) is 4. The molecule has 6 atom stereocenters. The number of aromatic nitrogens is 1. The third kappa shape index (κ3) is 4.22. The summed E-state index contributed by atoms with van der Waals surface area (Å²) in [6.45, 7) is 6.26. The number of alkyl halides is 1. The van der Waals surface area contributed by atoms with Crippen molar-refractivity contribution in [3.05, 3.63) is 41.4 Å². The number of thioether (sulfide) groups is 1. The minimum Gasteiger partial charge on any atom is -0.490 e. The van der Waals surface area contributed by atoms with E-state index in [-0.39, 0.29) is 12.0 Å². The van der Waals surface area contributed by atoms with Gasteiger partial charge in [-0.3, -0.25) is 4.90 Å². The van der Waals surface area contributed by atoms with E-state index in [2.05, 4.69) is 29.8 Å². The number of allylic oxidation sites excluding steroid dienone is 2. The Kier molecular flexibility index (Phi) is 6.30. The standard InChI is InChI=1S/C26H35FN2O2S/c1-17-13-18(23-14-26(2)24(27)7-4-8-25(26)32-23)10-12-29(17)15-19(30)16-31-22-6-3-5-21-20(22)9-11-28-21/h3,5-6,9,11,14,17-19,24-25,28,30H,4,7-8,10,12-13,15-16H2,1-2H3/t17-,18-,19+,24?,25?,26?/m1/s1. The molecule has 1 aromatic carbocycles. The van der Waals surface area contributed by atoms with Crippen LogP contribution in [0.4, 0.5) is 4.39 Å². The van der Waals surface area contributed by atoms with Crippen molar-refractivity contribution in [3.8, 4) is 5.75 Å². The summed E-state index contributed by atoms with van der Waals surface area (Å²) in [5, 5.41) is 12.1. The normalized spacial score (nSPS) is 34.3. The van der Waals surface area contributed by atoms with E-state index in [1.54, 1.807) is 0 Å². The molecule has 0 radical (unpaired) electrons. The van der Waals surface area contributed by atoms with Gasteiger partial charge in [0.25, 0.3) is 0 Å². The first-order chi connectivity index (χ1) is 15.4. The van der Waals surface area contributed by atoms with Crippen molar-refractivity contribution >= 4 is 22.7 Å². The number of fused-ring (bicyclic) bond motifs is 2. The Morgan fingerprint density at radius 3 is 3.00 bits per heavy atom. The van der Waals surface area contributed by atoms with Gasteiger partial charge in [-0.05, 0) is 74.6 Å². The van der Waals surface area contributed by atoms with Crippen molar-refractivity contribution in [2.75, 3.05) is 19.7 Å². The van der Waals surface area contributed by atoms with Crippen LogP contribution in [0, 0.1) is 11.3 Å². The number of benzene rings is 1. The summed E-state index contributed by atoms with van der Waals surface area (Å²) >= 11 is 1.96. The van der Waals surface area contributed by atoms with Crippen molar-refractivity contribution < 1.29 is 14.2 Å². The van der Waals surface area contributed by atoms with E-state index in [0.717, 1.165) is 48.9 Å². The van der Waals surface area contributed by atoms with Crippen LogP contribution >= 0.6 is 11.8 Å². The average molecular weight is 459 g/mol. The Morgan fingerprint density at radius 2 is 2.19 bits per heavy atom. The first-order valence-corrected chi connectivity index (χ1v) is 13.0. The van der Waals surface area contributed by atoms with E-state index in [0.29, 0.717) is 30.2 Å². The molecule has 3 unspecified atom stereocenters. The third-order valence-electron chi connectivity index (χ3n) is 7.87. The van der Waals surface area contributed by atoms with E-state index >= 15 is 0 Å². The number of piperidine rings is 1. The maximum Gasteiger partial charge on any atom is 0.128 e. The van der Waals surface area contributed by atoms with Gasteiger partial charge in [-0.1, -0.05) is 19.1 Å². The number of halogens is 1. The SMILES string of the molecule is C[C@@H]1C[C@H](C2=CC3(C)C(F)CCCC3S2)CCN1C[C@H](O)COc1cccc2[nH]ccc12. The molecule has 32 heavy (non-hydrogen) atoms. The number of β-amino-alcohol motifs (C(OH)–C–C–N with tert-alkyl or cyclic N) is 1. The van der Waals surface area contributed by atoms with Crippen LogP contribution in [-0.2, 0) is 0 Å². The number of nitrogens with one attached hydrogen (secondary N) is 1. The van der Waals surface area contributed by atoms with Crippen LogP contribution in [0.2, 0.25) is 0 Å². The molecule has 1 aromatic heterocycles. The van der Waals surface area contributed by atoms with Gasteiger partial charge >= 0.3 is 0 Å². The lowest BCUT2D eigenvalue weighted by Gasteiger charge is -2.39. The molecule has 2 aromatic rings. The molecule has 1 aliphatic carbocycles. The molecule has 4 nitrogen and oxygen atoms in total. The van der Waals surface area contributed by atoms with Crippen molar-refractivity contribution in [3.63, 3.8) is 0 Å². The Balaban J connectivity index is 1.14. The number of hydrogen-bond donors (Lipinski definition) is 2. The van der Waals surface area contributed by atoms with E-state index in [1.165, 1.54) is 4.91 Å². The largest absolute Gasteiger partial charge is 0.490 e. The van der Waals surface area contributed by atoms with E-state index < -0.39 is 12.3 Å². The maximum atomic E-state index is 14.7. The topological polar surface area (TPSA) is 48.5 Å². The lowest BCUT2D eigenvalue weighted by molar-refractivity contribution is 0.0378. The van der Waals surface area contributed by atoms with Gasteiger partial charge in [-0.25, -0.2) is 4.39 Å². The fraction of sp³-hybridized carbons (Fsp3) is 0.615. The second-order valence-electron chi connectivity index (χ2n) is 10.1. The number of ether oxygens (including phenoxy) is 1. The van der Waals surface area contributed by atoms with Gasteiger partial charge in [0.05, 0.1) is 0 Å². The highest BCUT2D eigenvalue weighted by molar-refractivity contribution is 8.04. The Morgan fingerprint density at radius 1 is 1.31 bits per heavy atom. The van der Waals surface area contributed by atoms with Crippen LogP contribution in [-0.4, -0.2) is 58.3 Å². The minimum atomic E-state index is -0.698. The van der Waals surface area contributed by atoms with Gasteiger partial charge in [-0.2, -0.15) is 0 Å². The summed E-state index contributed by atoms with van der Waals surface area (Å²) in [5.41, 5.74) is 0.772. The van der Waals surface area contributed by atoms with Crippen LogP contribution in [0.25, 0.3) is 10.9 Å². The predicted octanol–water partition coefficient (Wildman–Crippen LogP) is 5.54. The Labute approximate surface area is 194 Å². The number of H-pyrrole nitrogens is 1. The van der Waals surface area contributed by atoms with Gasteiger partial charge in [0.15, 0.2) is 0 Å². The molecule has 0 amide bonds. The van der Waals surface area contributed by atoms with Crippen LogP contribution < -0.4 is 4.74 Å². The van der Waals surface area contributed by atoms with E-state index in [1.807, 2.05) is 42.2 Å². The number of rotatable bonds is 6. The highest BCUT2D eigenvalue weighted by atomic mass is 32.2. The first kappa shape index (κ1) is 22.3. The summed E-state index contributed by atoms with van der Waals surface area (Å²) in [5.74, 6) is 1.33. The zero-order valence-electron chi connectivity index (χ0n) is 19.1. The summed E-state index contributed by atoms with van der Waals surface area (Å²) in [6, 6.07) is 8.33. The second-order valence-corrected chi connectivity index (χ2v) is 11.4. The van der Waals surface area contributed by atoms with Gasteiger partial charge in [-0.15, -0.1) is 11.8 Å². The molecule has 2 N–H and O–H groups in total. The number of likely N-dealkylation sites (tertiary alicyclic amines) is 1. The number of aliphatic hydroxyl groups excluding tert-OH is 1. The summed E-state index contributed by atoms with van der Waals surface area (Å²) < 4.78 is 20.7. The lowest BCUT2D eigenvalue weighted by atomic mass is 9.73. The fourth-order valence-corrected chi connectivity index (χ4v) is 7.65. The third-order valence-corrected chi connectivity index (χ3v) is 9.62. The number of aromatic amines is 1. The molecule has 0 spiro atoms. The van der Waals surface area contributed by atoms with E-state index in [9.17, 15) is 9.50 Å². The Hall–Kier alpha value is -1.50. The first-order valence-electron chi connectivity index (χ1n) is 12.1. The molecule has 2 fully saturated rings. The van der Waals surface area contributed by atoms with Gasteiger partial charge in [0, 0.05) is 40.4 Å². The van der Waals surface area contributed by atoms with Crippen LogP contribution in [0.15, 0.2) is 41.4 Å². The highest BCUT2D eigenvalue weighted by Gasteiger charge is 2.48. The Bertz CT molecular complexity index is 978.